The molecule has 2 atom stereocenters. The summed E-state index contributed by atoms with van der Waals surface area (Å²) in [5.74, 6) is -0.811. The molecular weight excluding hydrogens is 639 g/mol. The Labute approximate surface area is 301 Å². The Hall–Kier alpha value is -1.47. The van der Waals surface area contributed by atoms with Gasteiger partial charge in [-0.05, 0) is 64.7 Å². The Kier molecular flexibility index (Phi) is 35.2. The molecule has 0 heterocycles. The first kappa shape index (κ1) is 47.5. The fraction of sp³-hybridized carbons (Fsp3) is 0.850. The van der Waals surface area contributed by atoms with Gasteiger partial charge in [0.2, 0.25) is 0 Å². The van der Waals surface area contributed by atoms with Gasteiger partial charge in [0.25, 0.3) is 0 Å². The summed E-state index contributed by atoms with van der Waals surface area (Å²) in [5.41, 5.74) is 0. The van der Waals surface area contributed by atoms with Crippen LogP contribution in [0.1, 0.15) is 194 Å². The highest BCUT2D eigenvalue weighted by Gasteiger charge is 2.25. The van der Waals surface area contributed by atoms with E-state index < -0.39 is 26.5 Å². The van der Waals surface area contributed by atoms with E-state index in [0.717, 1.165) is 70.6 Å². The molecule has 0 fully saturated rings. The zero-order chi connectivity index (χ0) is 36.1. The van der Waals surface area contributed by atoms with Gasteiger partial charge in [-0.25, -0.2) is 4.57 Å². The average molecular weight is 715 g/mol. The summed E-state index contributed by atoms with van der Waals surface area (Å²) in [6.07, 6.45) is 38.0. The van der Waals surface area contributed by atoms with Crippen LogP contribution in [0.4, 0.5) is 0 Å². The highest BCUT2D eigenvalue weighted by atomic mass is 31.2. The predicted octanol–water partition coefficient (Wildman–Crippen LogP) is 12.3. The summed E-state index contributed by atoms with van der Waals surface area (Å²) >= 11 is 0. The van der Waals surface area contributed by atoms with Crippen LogP contribution in [0.5, 0.6) is 0 Å². The van der Waals surface area contributed by atoms with Gasteiger partial charge in [-0.2, -0.15) is 0 Å². The molecule has 0 aliphatic carbocycles. The number of allylic oxidation sites excluding steroid dienone is 4. The third kappa shape index (κ3) is 36.1. The number of hydrogen-bond acceptors (Lipinski definition) is 7. The van der Waals surface area contributed by atoms with Crippen LogP contribution < -0.4 is 0 Å². The largest absolute Gasteiger partial charge is 0.472 e. The smallest absolute Gasteiger partial charge is 0.462 e. The topological polar surface area (TPSA) is 108 Å². The molecule has 0 radical (unpaired) electrons. The van der Waals surface area contributed by atoms with Crippen LogP contribution in [0.15, 0.2) is 24.3 Å². The molecule has 49 heavy (non-hydrogen) atoms. The van der Waals surface area contributed by atoms with Crippen molar-refractivity contribution in [2.24, 2.45) is 0 Å². The molecule has 0 aliphatic heterocycles. The van der Waals surface area contributed by atoms with E-state index in [4.69, 9.17) is 18.5 Å². The van der Waals surface area contributed by atoms with Crippen molar-refractivity contribution >= 4 is 19.8 Å². The van der Waals surface area contributed by atoms with Gasteiger partial charge in [-0.3, -0.25) is 18.6 Å². The van der Waals surface area contributed by atoms with Crippen LogP contribution in [0.3, 0.4) is 0 Å². The van der Waals surface area contributed by atoms with Crippen molar-refractivity contribution in [3.05, 3.63) is 24.3 Å². The summed E-state index contributed by atoms with van der Waals surface area (Å²) in [5, 5.41) is 0. The molecule has 0 aromatic heterocycles. The number of ether oxygens (including phenoxy) is 2. The van der Waals surface area contributed by atoms with E-state index in [-0.39, 0.29) is 32.0 Å². The van der Waals surface area contributed by atoms with Crippen LogP contribution in [-0.4, -0.2) is 42.8 Å². The molecule has 0 amide bonds. The number of esters is 2. The highest BCUT2D eigenvalue weighted by molar-refractivity contribution is 7.47. The third-order valence-electron chi connectivity index (χ3n) is 8.48. The van der Waals surface area contributed by atoms with Gasteiger partial charge in [-0.1, -0.05) is 141 Å². The number of unbranched alkanes of at least 4 members (excludes halogenated alkanes) is 21. The predicted molar refractivity (Wildman–Crippen MR) is 203 cm³/mol. The van der Waals surface area contributed by atoms with Crippen molar-refractivity contribution in [1.82, 2.24) is 0 Å². The van der Waals surface area contributed by atoms with E-state index >= 15 is 0 Å². The summed E-state index contributed by atoms with van der Waals surface area (Å²) in [4.78, 5) is 34.6. The monoisotopic (exact) mass is 715 g/mol. The molecule has 9 heteroatoms. The molecule has 0 bridgehead atoms. The van der Waals surface area contributed by atoms with E-state index in [0.29, 0.717) is 6.42 Å². The average Bonchev–Trinajstić information content (AvgIpc) is 3.07. The second-order valence-corrected chi connectivity index (χ2v) is 14.7. The van der Waals surface area contributed by atoms with Crippen LogP contribution >= 0.6 is 7.82 Å². The molecule has 0 aromatic carbocycles. The van der Waals surface area contributed by atoms with Gasteiger partial charge in [0, 0.05) is 12.8 Å². The SMILES string of the molecule is CCCC/C=C\CCCCCCCC(=O)OCC(COP(=O)(O)OCC)OC(=O)CCCCCCCCC/C=C\CCCCCCCCC. The number of hydrogen-bond donors (Lipinski definition) is 1. The van der Waals surface area contributed by atoms with Gasteiger partial charge in [-0.15, -0.1) is 0 Å². The first-order valence-electron chi connectivity index (χ1n) is 20.1. The van der Waals surface area contributed by atoms with E-state index in [1.165, 1.54) is 83.5 Å². The molecule has 2 unspecified atom stereocenters. The maximum absolute atomic E-state index is 12.5. The number of phosphoric ester groups is 1. The van der Waals surface area contributed by atoms with Crippen LogP contribution in [0.25, 0.3) is 0 Å². The Balaban J connectivity index is 4.10. The lowest BCUT2D eigenvalue weighted by atomic mass is 10.1. The first-order valence-corrected chi connectivity index (χ1v) is 21.6. The van der Waals surface area contributed by atoms with E-state index in [9.17, 15) is 19.0 Å². The second kappa shape index (κ2) is 36.3. The Bertz CT molecular complexity index is 859. The number of rotatable bonds is 37. The van der Waals surface area contributed by atoms with Gasteiger partial charge >= 0.3 is 19.8 Å². The minimum absolute atomic E-state index is 0.000712. The number of carbonyl (C=O) groups is 2. The van der Waals surface area contributed by atoms with Crippen molar-refractivity contribution < 1.29 is 37.6 Å². The quantitative estimate of drug-likeness (QED) is 0.0293. The minimum Gasteiger partial charge on any atom is -0.462 e. The highest BCUT2D eigenvalue weighted by Crippen LogP contribution is 2.43. The summed E-state index contributed by atoms with van der Waals surface area (Å²) in [7, 11) is -4.27. The fourth-order valence-electron chi connectivity index (χ4n) is 5.49. The molecule has 288 valence electrons. The van der Waals surface area contributed by atoms with E-state index in [2.05, 4.69) is 38.2 Å². The Morgan fingerprint density at radius 2 is 0.939 bits per heavy atom. The molecule has 0 saturated carbocycles. The summed E-state index contributed by atoms with van der Waals surface area (Å²) in [6.45, 7) is 5.42. The minimum atomic E-state index is -4.27. The number of phosphoric acid groups is 1. The molecule has 8 nitrogen and oxygen atoms in total. The van der Waals surface area contributed by atoms with Crippen LogP contribution in [0.2, 0.25) is 0 Å². The molecule has 0 rings (SSSR count). The maximum atomic E-state index is 12.5. The Morgan fingerprint density at radius 3 is 1.41 bits per heavy atom. The standard InChI is InChI=1S/C40H75O8P/c1-4-7-9-11-13-15-17-18-19-20-21-22-23-25-27-29-31-33-35-40(42)48-38(37-47-49(43,44)46-6-3)36-45-39(41)34-32-30-28-26-24-16-14-12-10-8-5-2/h12,14,19-20,38H,4-11,13,15-18,21-37H2,1-3H3,(H,43,44)/b14-12-,20-19-. The zero-order valence-electron chi connectivity index (χ0n) is 31.9. The molecular formula is C40H75O8P. The van der Waals surface area contributed by atoms with Crippen molar-refractivity contribution in [1.29, 1.82) is 0 Å². The summed E-state index contributed by atoms with van der Waals surface area (Å²) in [6, 6.07) is 0. The van der Waals surface area contributed by atoms with Crippen molar-refractivity contribution in [2.45, 2.75) is 200 Å². The van der Waals surface area contributed by atoms with Gasteiger partial charge in [0.1, 0.15) is 6.61 Å². The lowest BCUT2D eigenvalue weighted by Crippen LogP contribution is -2.29. The molecule has 1 N–H and O–H groups in total. The molecule has 0 aliphatic rings. The lowest BCUT2D eigenvalue weighted by molar-refractivity contribution is -0.161. The van der Waals surface area contributed by atoms with Gasteiger partial charge in [0.15, 0.2) is 6.10 Å². The lowest BCUT2D eigenvalue weighted by Gasteiger charge is -2.19. The first-order chi connectivity index (χ1) is 23.8. The van der Waals surface area contributed by atoms with Crippen molar-refractivity contribution in [2.75, 3.05) is 19.8 Å². The van der Waals surface area contributed by atoms with Crippen molar-refractivity contribution in [3.8, 4) is 0 Å². The zero-order valence-corrected chi connectivity index (χ0v) is 32.7. The summed E-state index contributed by atoms with van der Waals surface area (Å²) < 4.78 is 32.5. The third-order valence-corrected chi connectivity index (χ3v) is 9.54. The van der Waals surface area contributed by atoms with Crippen LogP contribution in [-0.2, 0) is 32.7 Å². The Morgan fingerprint density at radius 1 is 0.531 bits per heavy atom. The molecule has 0 aromatic rings. The van der Waals surface area contributed by atoms with Gasteiger partial charge < -0.3 is 14.4 Å². The van der Waals surface area contributed by atoms with E-state index in [1.54, 1.807) is 6.92 Å². The van der Waals surface area contributed by atoms with Crippen molar-refractivity contribution in [3.63, 3.8) is 0 Å². The van der Waals surface area contributed by atoms with Gasteiger partial charge in [0.05, 0.1) is 13.2 Å². The van der Waals surface area contributed by atoms with E-state index in [1.807, 2.05) is 0 Å². The molecule has 0 spiro atoms. The fourth-order valence-corrected chi connectivity index (χ4v) is 6.24. The second-order valence-electron chi connectivity index (χ2n) is 13.3. The number of carbonyl (C=O) groups excluding carboxylic acids is 2. The van der Waals surface area contributed by atoms with Crippen LogP contribution in [0, 0.1) is 0 Å². The normalized spacial score (nSPS) is 13.6. The maximum Gasteiger partial charge on any atom is 0.472 e. The molecule has 0 saturated heterocycles.